The van der Waals surface area contributed by atoms with Crippen molar-refractivity contribution < 1.29 is 5.11 Å². The van der Waals surface area contributed by atoms with Crippen LogP contribution in [0.1, 0.15) is 22.8 Å². The van der Waals surface area contributed by atoms with Crippen LogP contribution in [0.15, 0.2) is 54.9 Å². The molecule has 1 heterocycles. The Labute approximate surface area is 131 Å². The van der Waals surface area contributed by atoms with Gasteiger partial charge in [-0.2, -0.15) is 0 Å². The molecule has 3 heteroatoms. The van der Waals surface area contributed by atoms with Crippen LogP contribution in [-0.4, -0.2) is 10.1 Å². The Balaban J connectivity index is 2.18. The summed E-state index contributed by atoms with van der Waals surface area (Å²) in [6.45, 7) is 2.06. The Morgan fingerprint density at radius 1 is 1.05 bits per heavy atom. The molecule has 3 aromatic rings. The number of hydrogen-bond donors (Lipinski definition) is 1. The minimum Gasteiger partial charge on any atom is -0.384 e. The Morgan fingerprint density at radius 2 is 1.80 bits per heavy atom. The van der Waals surface area contributed by atoms with E-state index in [2.05, 4.69) is 40.6 Å². The molecule has 1 aromatic heterocycles. The minimum absolute atomic E-state index is 0.618. The van der Waals surface area contributed by atoms with Gasteiger partial charge in [0, 0.05) is 21.4 Å². The van der Waals surface area contributed by atoms with E-state index in [4.69, 9.17) is 0 Å². The normalized spacial score (nSPS) is 12.6. The van der Waals surface area contributed by atoms with Crippen molar-refractivity contribution in [1.82, 2.24) is 4.98 Å². The lowest BCUT2D eigenvalue weighted by Gasteiger charge is -2.16. The molecule has 2 nitrogen and oxygen atoms in total. The van der Waals surface area contributed by atoms with Crippen molar-refractivity contribution in [3.05, 3.63) is 75.1 Å². The number of nitrogens with zero attached hydrogens (tertiary/aromatic N) is 1. The van der Waals surface area contributed by atoms with E-state index >= 15 is 0 Å². The molecule has 0 saturated heterocycles. The molecule has 3 rings (SSSR count). The van der Waals surface area contributed by atoms with E-state index in [0.29, 0.717) is 0 Å². The molecule has 0 saturated carbocycles. The van der Waals surface area contributed by atoms with Crippen molar-refractivity contribution in [3.8, 4) is 0 Å². The highest BCUT2D eigenvalue weighted by Crippen LogP contribution is 2.31. The first-order valence-electron chi connectivity index (χ1n) is 6.44. The Hall–Kier alpha value is -1.46. The Morgan fingerprint density at radius 3 is 2.65 bits per heavy atom. The summed E-state index contributed by atoms with van der Waals surface area (Å²) in [5, 5.41) is 12.9. The second-order valence-corrected chi connectivity index (χ2v) is 5.90. The number of rotatable bonds is 2. The molecule has 0 fully saturated rings. The van der Waals surface area contributed by atoms with Crippen LogP contribution in [0.25, 0.3) is 10.8 Å². The van der Waals surface area contributed by atoms with E-state index in [1.807, 2.05) is 42.6 Å². The van der Waals surface area contributed by atoms with Gasteiger partial charge in [0.25, 0.3) is 0 Å². The predicted molar refractivity (Wildman–Crippen MR) is 89.7 cm³/mol. The van der Waals surface area contributed by atoms with E-state index < -0.39 is 6.10 Å². The largest absolute Gasteiger partial charge is 0.384 e. The summed E-state index contributed by atoms with van der Waals surface area (Å²) in [4.78, 5) is 4.13. The van der Waals surface area contributed by atoms with Crippen LogP contribution in [0.2, 0.25) is 0 Å². The molecule has 1 N–H and O–H groups in total. The van der Waals surface area contributed by atoms with Crippen molar-refractivity contribution in [2.24, 2.45) is 0 Å². The quantitative estimate of drug-likeness (QED) is 0.680. The van der Waals surface area contributed by atoms with Crippen molar-refractivity contribution in [2.45, 2.75) is 13.0 Å². The topological polar surface area (TPSA) is 33.1 Å². The Kier molecular flexibility index (Phi) is 3.72. The molecule has 0 bridgehead atoms. The van der Waals surface area contributed by atoms with Crippen LogP contribution < -0.4 is 0 Å². The maximum atomic E-state index is 10.8. The summed E-state index contributed by atoms with van der Waals surface area (Å²) in [5.74, 6) is 0. The van der Waals surface area contributed by atoms with Gasteiger partial charge in [-0.25, -0.2) is 0 Å². The van der Waals surface area contributed by atoms with Crippen LogP contribution in [0.4, 0.5) is 0 Å². The number of hydrogen-bond acceptors (Lipinski definition) is 2. The van der Waals surface area contributed by atoms with E-state index in [-0.39, 0.29) is 0 Å². The van der Waals surface area contributed by atoms with Gasteiger partial charge in [0.1, 0.15) is 6.10 Å². The molecule has 1 atom stereocenters. The second-order valence-electron chi connectivity index (χ2n) is 4.82. The smallest absolute Gasteiger partial charge is 0.106 e. The first-order chi connectivity index (χ1) is 9.68. The monoisotopic (exact) mass is 375 g/mol. The van der Waals surface area contributed by atoms with Crippen molar-refractivity contribution in [1.29, 1.82) is 0 Å². The number of halogens is 1. The fourth-order valence-corrected chi connectivity index (χ4v) is 3.09. The number of benzene rings is 2. The fourth-order valence-electron chi connectivity index (χ4n) is 2.43. The standard InChI is InChI=1S/C17H14INO/c1-11-4-2-7-15(16(11)18)17(20)14-6-3-5-12-10-19-9-8-13(12)14/h2-10,17,20H,1H3. The van der Waals surface area contributed by atoms with E-state index in [1.54, 1.807) is 6.20 Å². The number of aromatic nitrogens is 1. The summed E-state index contributed by atoms with van der Waals surface area (Å²) in [7, 11) is 0. The number of aliphatic hydroxyl groups excluding tert-OH is 1. The summed E-state index contributed by atoms with van der Waals surface area (Å²) in [6.07, 6.45) is 2.97. The maximum absolute atomic E-state index is 10.8. The van der Waals surface area contributed by atoms with Crippen molar-refractivity contribution >= 4 is 33.4 Å². The molecule has 20 heavy (non-hydrogen) atoms. The zero-order valence-corrected chi connectivity index (χ0v) is 13.2. The summed E-state index contributed by atoms with van der Waals surface area (Å²) >= 11 is 2.30. The fraction of sp³-hybridized carbons (Fsp3) is 0.118. The van der Waals surface area contributed by atoms with Crippen LogP contribution in [0.5, 0.6) is 0 Å². The third-order valence-electron chi connectivity index (χ3n) is 3.53. The molecule has 0 radical (unpaired) electrons. The molecule has 0 spiro atoms. The molecule has 0 aliphatic rings. The Bertz CT molecular complexity index is 765. The number of aryl methyl sites for hydroxylation is 1. The van der Waals surface area contributed by atoms with Crippen molar-refractivity contribution in [3.63, 3.8) is 0 Å². The van der Waals surface area contributed by atoms with Gasteiger partial charge in [0.15, 0.2) is 0 Å². The van der Waals surface area contributed by atoms with E-state index in [0.717, 1.165) is 25.5 Å². The van der Waals surface area contributed by atoms with Gasteiger partial charge >= 0.3 is 0 Å². The van der Waals surface area contributed by atoms with Crippen LogP contribution >= 0.6 is 22.6 Å². The molecular weight excluding hydrogens is 361 g/mol. The maximum Gasteiger partial charge on any atom is 0.106 e. The third kappa shape index (κ3) is 2.31. The molecule has 2 aromatic carbocycles. The van der Waals surface area contributed by atoms with Crippen LogP contribution in [0, 0.1) is 10.5 Å². The third-order valence-corrected chi connectivity index (χ3v) is 5.00. The SMILES string of the molecule is Cc1cccc(C(O)c2cccc3cnccc23)c1I. The lowest BCUT2D eigenvalue weighted by molar-refractivity contribution is 0.221. The summed E-state index contributed by atoms with van der Waals surface area (Å²) < 4.78 is 1.11. The molecule has 100 valence electrons. The predicted octanol–water partition coefficient (Wildman–Crippen LogP) is 4.23. The van der Waals surface area contributed by atoms with Crippen LogP contribution in [-0.2, 0) is 0 Å². The average molecular weight is 375 g/mol. The van der Waals surface area contributed by atoms with Crippen molar-refractivity contribution in [2.75, 3.05) is 0 Å². The zero-order valence-electron chi connectivity index (χ0n) is 11.0. The van der Waals surface area contributed by atoms with Gasteiger partial charge in [0.05, 0.1) is 0 Å². The summed E-state index contributed by atoms with van der Waals surface area (Å²) in [6, 6.07) is 13.9. The first kappa shape index (κ1) is 13.5. The minimum atomic E-state index is -0.618. The number of fused-ring (bicyclic) bond motifs is 1. The van der Waals surface area contributed by atoms with E-state index in [1.165, 1.54) is 5.56 Å². The average Bonchev–Trinajstić information content (AvgIpc) is 2.49. The first-order valence-corrected chi connectivity index (χ1v) is 7.52. The number of aliphatic hydroxyl groups is 1. The number of pyridine rings is 1. The van der Waals surface area contributed by atoms with Gasteiger partial charge in [-0.05, 0) is 57.7 Å². The molecule has 0 amide bonds. The van der Waals surface area contributed by atoms with Gasteiger partial charge in [-0.3, -0.25) is 4.98 Å². The molecule has 1 unspecified atom stereocenters. The van der Waals surface area contributed by atoms with Crippen LogP contribution in [0.3, 0.4) is 0 Å². The second kappa shape index (κ2) is 5.50. The van der Waals surface area contributed by atoms with Gasteiger partial charge in [-0.15, -0.1) is 0 Å². The molecule has 0 aliphatic carbocycles. The lowest BCUT2D eigenvalue weighted by atomic mass is 9.96. The lowest BCUT2D eigenvalue weighted by Crippen LogP contribution is -2.04. The highest BCUT2D eigenvalue weighted by atomic mass is 127. The highest BCUT2D eigenvalue weighted by Gasteiger charge is 2.16. The van der Waals surface area contributed by atoms with Gasteiger partial charge < -0.3 is 5.11 Å². The zero-order chi connectivity index (χ0) is 14.1. The molecular formula is C17H14INO. The summed E-state index contributed by atoms with van der Waals surface area (Å²) in [5.41, 5.74) is 3.06. The van der Waals surface area contributed by atoms with E-state index in [9.17, 15) is 5.11 Å². The molecule has 0 aliphatic heterocycles. The highest BCUT2D eigenvalue weighted by molar-refractivity contribution is 14.1. The van der Waals surface area contributed by atoms with Gasteiger partial charge in [-0.1, -0.05) is 36.4 Å². The van der Waals surface area contributed by atoms with Gasteiger partial charge in [0.2, 0.25) is 0 Å².